The molecule has 0 spiro atoms. The molecule has 0 amide bonds. The Morgan fingerprint density at radius 3 is 2.83 bits per heavy atom. The Morgan fingerprint density at radius 1 is 1.42 bits per heavy atom. The number of carbonyl (C=O) groups is 1. The second-order valence-corrected chi connectivity index (χ2v) is 4.86. The summed E-state index contributed by atoms with van der Waals surface area (Å²) < 4.78 is 0. The standard InChI is InChI=1S/C11H18O/c1-8-5-6-9-10(12)4-3-7-11(8,9)2/h8-9H,3-7H2,1-2H3/t8-,9?,11+/m0/s1. The van der Waals surface area contributed by atoms with Crippen LogP contribution in [0, 0.1) is 17.3 Å². The van der Waals surface area contributed by atoms with Gasteiger partial charge in [-0.15, -0.1) is 0 Å². The second kappa shape index (κ2) is 2.58. The third-order valence-corrected chi connectivity index (χ3v) is 4.34. The van der Waals surface area contributed by atoms with Crippen molar-refractivity contribution in [1.82, 2.24) is 0 Å². The third kappa shape index (κ3) is 0.949. The van der Waals surface area contributed by atoms with E-state index in [1.807, 2.05) is 0 Å². The van der Waals surface area contributed by atoms with Crippen LogP contribution in [0.15, 0.2) is 0 Å². The van der Waals surface area contributed by atoms with Crippen LogP contribution in [0.4, 0.5) is 0 Å². The van der Waals surface area contributed by atoms with Crippen molar-refractivity contribution in [3.8, 4) is 0 Å². The van der Waals surface area contributed by atoms with E-state index >= 15 is 0 Å². The molecule has 1 nitrogen and oxygen atoms in total. The minimum absolute atomic E-state index is 0.370. The second-order valence-electron chi connectivity index (χ2n) is 4.86. The zero-order valence-corrected chi connectivity index (χ0v) is 8.10. The number of rotatable bonds is 0. The summed E-state index contributed by atoms with van der Waals surface area (Å²) in [5.41, 5.74) is 0.370. The van der Waals surface area contributed by atoms with Gasteiger partial charge in [-0.25, -0.2) is 0 Å². The van der Waals surface area contributed by atoms with E-state index in [0.29, 0.717) is 17.1 Å². The van der Waals surface area contributed by atoms with Crippen LogP contribution in [-0.2, 0) is 4.79 Å². The molecule has 0 aromatic carbocycles. The lowest BCUT2D eigenvalue weighted by Gasteiger charge is -2.38. The molecule has 2 aliphatic rings. The Labute approximate surface area is 74.5 Å². The van der Waals surface area contributed by atoms with Crippen LogP contribution in [0.3, 0.4) is 0 Å². The molecule has 0 N–H and O–H groups in total. The number of Topliss-reactive ketones (excluding diaryl/α,β-unsaturated/α-hetero) is 1. The van der Waals surface area contributed by atoms with E-state index in [-0.39, 0.29) is 0 Å². The van der Waals surface area contributed by atoms with E-state index in [2.05, 4.69) is 13.8 Å². The highest BCUT2D eigenvalue weighted by atomic mass is 16.1. The largest absolute Gasteiger partial charge is 0.299 e. The summed E-state index contributed by atoms with van der Waals surface area (Å²) in [7, 11) is 0. The summed E-state index contributed by atoms with van der Waals surface area (Å²) in [4.78, 5) is 11.6. The average molecular weight is 166 g/mol. The molecule has 2 saturated carbocycles. The maximum atomic E-state index is 11.6. The first kappa shape index (κ1) is 8.28. The van der Waals surface area contributed by atoms with Gasteiger partial charge in [-0.1, -0.05) is 13.8 Å². The molecule has 12 heavy (non-hydrogen) atoms. The normalized spacial score (nSPS) is 47.7. The van der Waals surface area contributed by atoms with Crippen LogP contribution < -0.4 is 0 Å². The molecule has 3 atom stereocenters. The average Bonchev–Trinajstić information content (AvgIpc) is 2.30. The summed E-state index contributed by atoms with van der Waals surface area (Å²) in [6.07, 6.45) is 5.71. The van der Waals surface area contributed by atoms with Crippen LogP contribution in [0.5, 0.6) is 0 Å². The topological polar surface area (TPSA) is 17.1 Å². The number of carbonyl (C=O) groups excluding carboxylic acids is 1. The molecular weight excluding hydrogens is 148 g/mol. The molecule has 1 heteroatoms. The summed E-state index contributed by atoms with van der Waals surface area (Å²) in [6, 6.07) is 0. The molecule has 0 radical (unpaired) electrons. The third-order valence-electron chi connectivity index (χ3n) is 4.34. The van der Waals surface area contributed by atoms with Gasteiger partial charge < -0.3 is 0 Å². The fourth-order valence-corrected chi connectivity index (χ4v) is 3.19. The number of hydrogen-bond donors (Lipinski definition) is 0. The van der Waals surface area contributed by atoms with E-state index in [1.54, 1.807) is 0 Å². The van der Waals surface area contributed by atoms with Crippen molar-refractivity contribution in [2.24, 2.45) is 17.3 Å². The smallest absolute Gasteiger partial charge is 0.136 e. The van der Waals surface area contributed by atoms with E-state index in [4.69, 9.17) is 0 Å². The van der Waals surface area contributed by atoms with E-state index in [9.17, 15) is 4.79 Å². The maximum Gasteiger partial charge on any atom is 0.136 e. The Hall–Kier alpha value is -0.330. The fraction of sp³-hybridized carbons (Fsp3) is 0.909. The quantitative estimate of drug-likeness (QED) is 0.541. The minimum Gasteiger partial charge on any atom is -0.299 e. The Balaban J connectivity index is 2.26. The zero-order valence-electron chi connectivity index (χ0n) is 8.10. The van der Waals surface area contributed by atoms with Crippen molar-refractivity contribution >= 4 is 5.78 Å². The molecule has 1 unspecified atom stereocenters. The zero-order chi connectivity index (χ0) is 8.77. The first-order chi connectivity index (χ1) is 5.64. The van der Waals surface area contributed by atoms with Gasteiger partial charge in [-0.05, 0) is 37.0 Å². The molecule has 0 heterocycles. The van der Waals surface area contributed by atoms with Crippen molar-refractivity contribution in [3.05, 3.63) is 0 Å². The lowest BCUT2D eigenvalue weighted by Crippen LogP contribution is -2.36. The molecule has 0 aromatic rings. The maximum absolute atomic E-state index is 11.6. The summed E-state index contributed by atoms with van der Waals surface area (Å²) in [6.45, 7) is 4.64. The van der Waals surface area contributed by atoms with E-state index in [0.717, 1.165) is 25.2 Å². The monoisotopic (exact) mass is 166 g/mol. The van der Waals surface area contributed by atoms with E-state index < -0.39 is 0 Å². The highest BCUT2D eigenvalue weighted by Crippen LogP contribution is 2.53. The highest BCUT2D eigenvalue weighted by molar-refractivity contribution is 5.83. The Morgan fingerprint density at radius 2 is 2.17 bits per heavy atom. The minimum atomic E-state index is 0.370. The molecule has 2 fully saturated rings. The van der Waals surface area contributed by atoms with Gasteiger partial charge in [0, 0.05) is 12.3 Å². The van der Waals surface area contributed by atoms with Gasteiger partial charge in [0.1, 0.15) is 5.78 Å². The molecule has 0 aliphatic heterocycles. The van der Waals surface area contributed by atoms with Crippen molar-refractivity contribution in [2.45, 2.75) is 46.0 Å². The molecular formula is C11H18O. The Kier molecular flexibility index (Phi) is 1.78. The van der Waals surface area contributed by atoms with Crippen LogP contribution in [0.25, 0.3) is 0 Å². The summed E-state index contributed by atoms with van der Waals surface area (Å²) in [5, 5.41) is 0. The van der Waals surface area contributed by atoms with Crippen LogP contribution in [-0.4, -0.2) is 5.78 Å². The lowest BCUT2D eigenvalue weighted by atomic mass is 9.65. The van der Waals surface area contributed by atoms with Crippen molar-refractivity contribution in [3.63, 3.8) is 0 Å². The van der Waals surface area contributed by atoms with Crippen molar-refractivity contribution < 1.29 is 4.79 Å². The van der Waals surface area contributed by atoms with Crippen molar-refractivity contribution in [2.75, 3.05) is 0 Å². The lowest BCUT2D eigenvalue weighted by molar-refractivity contribution is -0.129. The predicted octanol–water partition coefficient (Wildman–Crippen LogP) is 2.79. The number of hydrogen-bond acceptors (Lipinski definition) is 1. The van der Waals surface area contributed by atoms with Gasteiger partial charge in [0.15, 0.2) is 0 Å². The van der Waals surface area contributed by atoms with Crippen LogP contribution >= 0.6 is 0 Å². The molecule has 0 saturated heterocycles. The van der Waals surface area contributed by atoms with Crippen molar-refractivity contribution in [1.29, 1.82) is 0 Å². The predicted molar refractivity (Wildman–Crippen MR) is 48.9 cm³/mol. The highest BCUT2D eigenvalue weighted by Gasteiger charge is 2.48. The van der Waals surface area contributed by atoms with Gasteiger partial charge >= 0.3 is 0 Å². The molecule has 2 aliphatic carbocycles. The molecule has 0 aromatic heterocycles. The van der Waals surface area contributed by atoms with Gasteiger partial charge in [-0.3, -0.25) is 4.79 Å². The number of ketones is 1. The van der Waals surface area contributed by atoms with Crippen LogP contribution in [0.2, 0.25) is 0 Å². The summed E-state index contributed by atoms with van der Waals surface area (Å²) >= 11 is 0. The first-order valence-electron chi connectivity index (χ1n) is 5.17. The van der Waals surface area contributed by atoms with Crippen LogP contribution in [0.1, 0.15) is 46.0 Å². The SMILES string of the molecule is C[C@H]1CCC2C(=O)CCC[C@@]21C. The summed E-state index contributed by atoms with van der Waals surface area (Å²) in [5.74, 6) is 1.74. The molecule has 0 bridgehead atoms. The molecule has 2 rings (SSSR count). The first-order valence-corrected chi connectivity index (χ1v) is 5.17. The number of fused-ring (bicyclic) bond motifs is 1. The van der Waals surface area contributed by atoms with Gasteiger partial charge in [-0.2, -0.15) is 0 Å². The molecule has 68 valence electrons. The van der Waals surface area contributed by atoms with Gasteiger partial charge in [0.2, 0.25) is 0 Å². The fourth-order valence-electron chi connectivity index (χ4n) is 3.19. The van der Waals surface area contributed by atoms with E-state index in [1.165, 1.54) is 12.8 Å². The van der Waals surface area contributed by atoms with Gasteiger partial charge in [0.25, 0.3) is 0 Å². The Bertz CT molecular complexity index is 209. The van der Waals surface area contributed by atoms with Gasteiger partial charge in [0.05, 0.1) is 0 Å².